The zero-order valence-corrected chi connectivity index (χ0v) is 11.4. The number of aliphatic hydroxyl groups is 1. The predicted octanol–water partition coefficient (Wildman–Crippen LogP) is 2.44. The first kappa shape index (κ1) is 13.9. The minimum atomic E-state index is 0.109. The molecule has 1 heterocycles. The van der Waals surface area contributed by atoms with Crippen LogP contribution in [0.3, 0.4) is 0 Å². The number of aliphatic hydroxyl groups excluding tert-OH is 1. The minimum Gasteiger partial charge on any atom is -0.395 e. The van der Waals surface area contributed by atoms with Gasteiger partial charge in [-0.1, -0.05) is 27.7 Å². The second-order valence-corrected chi connectivity index (χ2v) is 4.88. The van der Waals surface area contributed by atoms with Crippen LogP contribution in [0.5, 0.6) is 0 Å². The molecule has 0 atom stereocenters. The molecule has 0 radical (unpaired) electrons. The molecule has 0 saturated carbocycles. The third kappa shape index (κ3) is 3.40. The van der Waals surface area contributed by atoms with Gasteiger partial charge in [-0.3, -0.25) is 0 Å². The molecule has 96 valence electrons. The molecule has 0 aliphatic rings. The van der Waals surface area contributed by atoms with Crippen LogP contribution in [-0.2, 0) is 0 Å². The van der Waals surface area contributed by atoms with E-state index in [1.54, 1.807) is 0 Å². The molecule has 17 heavy (non-hydrogen) atoms. The molecule has 0 aliphatic carbocycles. The van der Waals surface area contributed by atoms with Gasteiger partial charge in [0.2, 0.25) is 0 Å². The second kappa shape index (κ2) is 5.96. The van der Waals surface area contributed by atoms with Gasteiger partial charge in [-0.2, -0.15) is 0 Å². The van der Waals surface area contributed by atoms with Crippen molar-refractivity contribution in [2.75, 3.05) is 18.5 Å². The van der Waals surface area contributed by atoms with Crippen LogP contribution in [0.2, 0.25) is 0 Å². The first-order chi connectivity index (χ1) is 7.97. The molecular formula is C13H23N3O. The van der Waals surface area contributed by atoms with Crippen LogP contribution in [0, 0.1) is 6.92 Å². The lowest BCUT2D eigenvalue weighted by Gasteiger charge is -2.19. The maximum absolute atomic E-state index is 8.90. The summed E-state index contributed by atoms with van der Waals surface area (Å²) in [6.07, 6.45) is 0. The average molecular weight is 237 g/mol. The van der Waals surface area contributed by atoms with Crippen molar-refractivity contribution in [1.29, 1.82) is 0 Å². The Hall–Kier alpha value is -1.16. The number of aromatic nitrogens is 2. The van der Waals surface area contributed by atoms with Gasteiger partial charge in [0, 0.05) is 12.1 Å². The Morgan fingerprint density at radius 3 is 2.24 bits per heavy atom. The van der Waals surface area contributed by atoms with Crippen molar-refractivity contribution in [3.63, 3.8) is 0 Å². The molecule has 0 fully saturated rings. The topological polar surface area (TPSA) is 58.0 Å². The van der Waals surface area contributed by atoms with E-state index >= 15 is 0 Å². The van der Waals surface area contributed by atoms with E-state index in [2.05, 4.69) is 43.0 Å². The van der Waals surface area contributed by atoms with Crippen LogP contribution in [0.15, 0.2) is 0 Å². The zero-order valence-electron chi connectivity index (χ0n) is 11.4. The summed E-state index contributed by atoms with van der Waals surface area (Å²) in [6.45, 7) is 11.1. The highest BCUT2D eigenvalue weighted by atomic mass is 16.3. The van der Waals surface area contributed by atoms with E-state index in [9.17, 15) is 0 Å². The van der Waals surface area contributed by atoms with E-state index in [-0.39, 0.29) is 6.61 Å². The van der Waals surface area contributed by atoms with Gasteiger partial charge >= 0.3 is 0 Å². The van der Waals surface area contributed by atoms with Gasteiger partial charge in [0.15, 0.2) is 0 Å². The Morgan fingerprint density at radius 1 is 1.12 bits per heavy atom. The van der Waals surface area contributed by atoms with Gasteiger partial charge in [0.05, 0.1) is 12.3 Å². The number of anilines is 1. The Labute approximate surface area is 103 Å². The average Bonchev–Trinajstić information content (AvgIpc) is 2.24. The third-order valence-electron chi connectivity index (χ3n) is 2.62. The fourth-order valence-electron chi connectivity index (χ4n) is 1.92. The minimum absolute atomic E-state index is 0.109. The Morgan fingerprint density at radius 2 is 1.76 bits per heavy atom. The molecule has 0 unspecified atom stereocenters. The van der Waals surface area contributed by atoms with E-state index < -0.39 is 0 Å². The fraction of sp³-hybridized carbons (Fsp3) is 0.692. The van der Waals surface area contributed by atoms with Gasteiger partial charge in [-0.25, -0.2) is 9.97 Å². The summed E-state index contributed by atoms with van der Waals surface area (Å²) in [7, 11) is 0. The maximum Gasteiger partial charge on any atom is 0.133 e. The van der Waals surface area contributed by atoms with Crippen molar-refractivity contribution in [1.82, 2.24) is 9.97 Å². The van der Waals surface area contributed by atoms with E-state index in [0.717, 1.165) is 17.3 Å². The van der Waals surface area contributed by atoms with Crippen molar-refractivity contribution in [2.45, 2.75) is 46.5 Å². The summed E-state index contributed by atoms with van der Waals surface area (Å²) in [5, 5.41) is 12.1. The molecule has 2 N–H and O–H groups in total. The molecule has 1 rings (SSSR count). The SMILES string of the molecule is Cc1nc(NCCO)c(C(C)C)c(C(C)C)n1. The monoisotopic (exact) mass is 237 g/mol. The molecule has 4 nitrogen and oxygen atoms in total. The predicted molar refractivity (Wildman–Crippen MR) is 70.5 cm³/mol. The number of hydrogen-bond acceptors (Lipinski definition) is 4. The number of nitrogens with zero attached hydrogens (tertiary/aromatic N) is 2. The van der Waals surface area contributed by atoms with Gasteiger partial charge < -0.3 is 10.4 Å². The quantitative estimate of drug-likeness (QED) is 0.826. The normalized spacial score (nSPS) is 11.3. The molecule has 0 aliphatic heterocycles. The van der Waals surface area contributed by atoms with Gasteiger partial charge in [0.1, 0.15) is 11.6 Å². The van der Waals surface area contributed by atoms with Crippen LogP contribution in [0.1, 0.15) is 56.6 Å². The highest BCUT2D eigenvalue weighted by molar-refractivity contribution is 5.49. The van der Waals surface area contributed by atoms with Crippen molar-refractivity contribution < 1.29 is 5.11 Å². The van der Waals surface area contributed by atoms with E-state index in [4.69, 9.17) is 5.11 Å². The Balaban J connectivity index is 3.25. The van der Waals surface area contributed by atoms with Crippen LogP contribution in [0.4, 0.5) is 5.82 Å². The largest absolute Gasteiger partial charge is 0.395 e. The lowest BCUT2D eigenvalue weighted by Crippen LogP contribution is -2.14. The molecule has 4 heteroatoms. The van der Waals surface area contributed by atoms with Crippen molar-refractivity contribution in [3.8, 4) is 0 Å². The summed E-state index contributed by atoms with van der Waals surface area (Å²) in [5.41, 5.74) is 2.27. The van der Waals surface area contributed by atoms with E-state index in [0.29, 0.717) is 18.4 Å². The number of hydrogen-bond donors (Lipinski definition) is 2. The lowest BCUT2D eigenvalue weighted by atomic mass is 9.95. The van der Waals surface area contributed by atoms with Gasteiger partial charge in [-0.05, 0) is 18.8 Å². The summed E-state index contributed by atoms with van der Waals surface area (Å²) < 4.78 is 0. The molecule has 1 aromatic heterocycles. The standard InChI is InChI=1S/C13H23N3O/c1-8(2)11-12(9(3)4)15-10(5)16-13(11)14-6-7-17/h8-9,17H,6-7H2,1-5H3,(H,14,15,16). The van der Waals surface area contributed by atoms with Crippen LogP contribution >= 0.6 is 0 Å². The maximum atomic E-state index is 8.90. The molecule has 0 amide bonds. The van der Waals surface area contributed by atoms with Crippen LogP contribution < -0.4 is 5.32 Å². The molecule has 0 aromatic carbocycles. The van der Waals surface area contributed by atoms with Gasteiger partial charge in [-0.15, -0.1) is 0 Å². The number of rotatable bonds is 5. The van der Waals surface area contributed by atoms with Crippen LogP contribution in [0.25, 0.3) is 0 Å². The number of nitrogens with one attached hydrogen (secondary N) is 1. The summed E-state index contributed by atoms with van der Waals surface area (Å²) in [6, 6.07) is 0. The first-order valence-electron chi connectivity index (χ1n) is 6.20. The highest BCUT2D eigenvalue weighted by Gasteiger charge is 2.17. The first-order valence-corrected chi connectivity index (χ1v) is 6.20. The van der Waals surface area contributed by atoms with Crippen molar-refractivity contribution in [3.05, 3.63) is 17.1 Å². The summed E-state index contributed by atoms with van der Waals surface area (Å²) in [4.78, 5) is 8.99. The van der Waals surface area contributed by atoms with Gasteiger partial charge in [0.25, 0.3) is 0 Å². The molecule has 0 bridgehead atoms. The fourth-order valence-corrected chi connectivity index (χ4v) is 1.92. The second-order valence-electron chi connectivity index (χ2n) is 4.88. The third-order valence-corrected chi connectivity index (χ3v) is 2.62. The summed E-state index contributed by atoms with van der Waals surface area (Å²) in [5.74, 6) is 2.39. The Kier molecular flexibility index (Phi) is 4.87. The van der Waals surface area contributed by atoms with E-state index in [1.807, 2.05) is 6.92 Å². The molecular weight excluding hydrogens is 214 g/mol. The zero-order chi connectivity index (χ0) is 13.0. The van der Waals surface area contributed by atoms with Crippen LogP contribution in [-0.4, -0.2) is 28.2 Å². The van der Waals surface area contributed by atoms with Crippen molar-refractivity contribution >= 4 is 5.82 Å². The Bertz CT molecular complexity index is 375. The van der Waals surface area contributed by atoms with E-state index in [1.165, 1.54) is 5.56 Å². The smallest absolute Gasteiger partial charge is 0.133 e. The highest BCUT2D eigenvalue weighted by Crippen LogP contribution is 2.29. The lowest BCUT2D eigenvalue weighted by molar-refractivity contribution is 0.311. The summed E-state index contributed by atoms with van der Waals surface area (Å²) >= 11 is 0. The molecule has 0 spiro atoms. The molecule has 1 aromatic rings. The molecule has 0 saturated heterocycles. The van der Waals surface area contributed by atoms with Crippen molar-refractivity contribution in [2.24, 2.45) is 0 Å². The number of aryl methyl sites for hydroxylation is 1.